The molecule has 1 saturated heterocycles. The fourth-order valence-corrected chi connectivity index (χ4v) is 6.46. The van der Waals surface area contributed by atoms with Crippen LogP contribution < -0.4 is 15.5 Å². The van der Waals surface area contributed by atoms with Crippen molar-refractivity contribution in [2.75, 3.05) is 28.6 Å². The number of hydrogen-bond donors (Lipinski definition) is 2. The Bertz CT molecular complexity index is 1190. The van der Waals surface area contributed by atoms with Gasteiger partial charge in [-0.2, -0.15) is 0 Å². The number of fused-ring (bicyclic) bond motifs is 1. The van der Waals surface area contributed by atoms with Crippen LogP contribution >= 0.6 is 11.3 Å². The van der Waals surface area contributed by atoms with Gasteiger partial charge in [0.05, 0.1) is 5.56 Å². The van der Waals surface area contributed by atoms with E-state index in [-0.39, 0.29) is 11.8 Å². The Hall–Kier alpha value is -3.12. The van der Waals surface area contributed by atoms with Crippen molar-refractivity contribution in [2.24, 2.45) is 11.8 Å². The number of carbonyl (C=O) groups excluding carboxylic acids is 2. The Morgan fingerprint density at radius 1 is 0.857 bits per heavy atom. The number of benzene rings is 2. The van der Waals surface area contributed by atoms with Crippen LogP contribution in [0.15, 0.2) is 54.6 Å². The number of nitrogens with zero attached hydrogens (tertiary/aromatic N) is 1. The van der Waals surface area contributed by atoms with Crippen LogP contribution in [0.25, 0.3) is 0 Å². The number of carbonyl (C=O) groups is 2. The molecule has 1 aliphatic carbocycles. The number of hydrogen-bond acceptors (Lipinski definition) is 4. The first kappa shape index (κ1) is 23.6. The van der Waals surface area contributed by atoms with E-state index in [1.165, 1.54) is 23.4 Å². The summed E-state index contributed by atoms with van der Waals surface area (Å²) in [6.07, 6.45) is 5.31. The molecule has 2 N–H and O–H groups in total. The van der Waals surface area contributed by atoms with Crippen LogP contribution in [-0.2, 0) is 12.8 Å². The second-order valence-corrected chi connectivity index (χ2v) is 11.2. The molecule has 0 bridgehead atoms. The molecule has 1 aliphatic heterocycles. The molecule has 5 nitrogen and oxygen atoms in total. The lowest BCUT2D eigenvalue weighted by Gasteiger charge is -2.32. The quantitative estimate of drug-likeness (QED) is 0.425. The highest BCUT2D eigenvalue weighted by Crippen LogP contribution is 2.40. The van der Waals surface area contributed by atoms with E-state index in [1.807, 2.05) is 30.3 Å². The molecule has 0 saturated carbocycles. The lowest BCUT2D eigenvalue weighted by Crippen LogP contribution is -2.32. The van der Waals surface area contributed by atoms with Crippen molar-refractivity contribution >= 4 is 39.5 Å². The average molecular weight is 488 g/mol. The Labute approximate surface area is 211 Å². The van der Waals surface area contributed by atoms with Gasteiger partial charge in [0, 0.05) is 34.9 Å². The van der Waals surface area contributed by atoms with Crippen molar-refractivity contribution in [1.82, 2.24) is 0 Å². The fraction of sp³-hybridized carbons (Fsp3) is 0.379. The van der Waals surface area contributed by atoms with Crippen molar-refractivity contribution < 1.29 is 9.59 Å². The zero-order chi connectivity index (χ0) is 24.4. The van der Waals surface area contributed by atoms with E-state index >= 15 is 0 Å². The normalized spacial score (nSPS) is 18.1. The van der Waals surface area contributed by atoms with Crippen LogP contribution in [0.3, 0.4) is 0 Å². The van der Waals surface area contributed by atoms with Crippen molar-refractivity contribution in [3.05, 3.63) is 76.2 Å². The minimum Gasteiger partial charge on any atom is -0.372 e. The molecule has 6 heteroatoms. The van der Waals surface area contributed by atoms with Gasteiger partial charge < -0.3 is 15.5 Å². The van der Waals surface area contributed by atoms with E-state index < -0.39 is 0 Å². The van der Waals surface area contributed by atoms with Gasteiger partial charge in [-0.05, 0) is 85.9 Å². The molecule has 1 unspecified atom stereocenters. The third kappa shape index (κ3) is 5.27. The maximum Gasteiger partial charge on any atom is 0.258 e. The maximum absolute atomic E-state index is 13.5. The summed E-state index contributed by atoms with van der Waals surface area (Å²) < 4.78 is 0. The van der Waals surface area contributed by atoms with E-state index in [0.29, 0.717) is 22.0 Å². The summed E-state index contributed by atoms with van der Waals surface area (Å²) in [7, 11) is 0. The van der Waals surface area contributed by atoms with Crippen LogP contribution in [-0.4, -0.2) is 24.9 Å². The zero-order valence-corrected chi connectivity index (χ0v) is 21.3. The summed E-state index contributed by atoms with van der Waals surface area (Å²) in [6.45, 7) is 6.72. The second-order valence-electron chi connectivity index (χ2n) is 10.0. The lowest BCUT2D eigenvalue weighted by molar-refractivity contribution is 0.102. The van der Waals surface area contributed by atoms with Crippen LogP contribution in [0.4, 0.5) is 16.4 Å². The molecule has 1 aromatic heterocycles. The highest BCUT2D eigenvalue weighted by Gasteiger charge is 2.28. The fourth-order valence-electron chi connectivity index (χ4n) is 5.06. The van der Waals surface area contributed by atoms with Gasteiger partial charge in [-0.1, -0.05) is 32.0 Å². The zero-order valence-electron chi connectivity index (χ0n) is 20.5. The highest BCUT2D eigenvalue weighted by molar-refractivity contribution is 7.17. The number of rotatable bonds is 5. The number of amides is 2. The highest BCUT2D eigenvalue weighted by atomic mass is 32.1. The van der Waals surface area contributed by atoms with Gasteiger partial charge in [-0.15, -0.1) is 11.3 Å². The molecule has 35 heavy (non-hydrogen) atoms. The minimum absolute atomic E-state index is 0.153. The van der Waals surface area contributed by atoms with Gasteiger partial charge in [0.1, 0.15) is 5.00 Å². The molecule has 182 valence electrons. The molecule has 1 atom stereocenters. The monoisotopic (exact) mass is 487 g/mol. The molecule has 2 amide bonds. The lowest BCUT2D eigenvalue weighted by atomic mass is 9.88. The maximum atomic E-state index is 13.5. The summed E-state index contributed by atoms with van der Waals surface area (Å²) in [5.74, 6) is 1.03. The first-order chi connectivity index (χ1) is 17.0. The van der Waals surface area contributed by atoms with Gasteiger partial charge in [-0.3, -0.25) is 9.59 Å². The predicted molar refractivity (Wildman–Crippen MR) is 145 cm³/mol. The number of piperidine rings is 1. The number of anilines is 3. The first-order valence-corrected chi connectivity index (χ1v) is 13.5. The van der Waals surface area contributed by atoms with Crippen LogP contribution in [0.1, 0.15) is 64.3 Å². The average Bonchev–Trinajstić information content (AvgIpc) is 3.22. The predicted octanol–water partition coefficient (Wildman–Crippen LogP) is 6.61. The molecule has 0 radical (unpaired) electrons. The Kier molecular flexibility index (Phi) is 6.91. The third-order valence-electron chi connectivity index (χ3n) is 7.28. The van der Waals surface area contributed by atoms with Crippen LogP contribution in [0, 0.1) is 11.8 Å². The summed E-state index contributed by atoms with van der Waals surface area (Å²) in [5.41, 5.74) is 4.27. The van der Waals surface area contributed by atoms with E-state index in [1.54, 1.807) is 23.5 Å². The van der Waals surface area contributed by atoms with E-state index in [0.717, 1.165) is 49.5 Å². The van der Waals surface area contributed by atoms with Crippen molar-refractivity contribution in [3.8, 4) is 0 Å². The summed E-state index contributed by atoms with van der Waals surface area (Å²) in [4.78, 5) is 30.0. The van der Waals surface area contributed by atoms with Gasteiger partial charge >= 0.3 is 0 Å². The molecule has 1 fully saturated rings. The topological polar surface area (TPSA) is 61.4 Å². The van der Waals surface area contributed by atoms with Crippen LogP contribution in [0.2, 0.25) is 0 Å². The number of thiophene rings is 1. The van der Waals surface area contributed by atoms with Gasteiger partial charge in [0.15, 0.2) is 0 Å². The molecular weight excluding hydrogens is 454 g/mol. The van der Waals surface area contributed by atoms with Crippen molar-refractivity contribution in [2.45, 2.75) is 46.0 Å². The molecule has 5 rings (SSSR count). The molecule has 0 spiro atoms. The summed E-state index contributed by atoms with van der Waals surface area (Å²) in [6, 6.07) is 17.3. The molecular formula is C29H33N3O2S. The van der Waals surface area contributed by atoms with E-state index in [2.05, 4.69) is 41.5 Å². The molecule has 2 heterocycles. The largest absolute Gasteiger partial charge is 0.372 e. The molecule has 2 aliphatic rings. The first-order valence-electron chi connectivity index (χ1n) is 12.6. The number of nitrogens with one attached hydrogen (secondary N) is 2. The minimum atomic E-state index is -0.188. The Morgan fingerprint density at radius 3 is 2.29 bits per heavy atom. The smallest absolute Gasteiger partial charge is 0.258 e. The van der Waals surface area contributed by atoms with Gasteiger partial charge in [-0.25, -0.2) is 0 Å². The summed E-state index contributed by atoms with van der Waals surface area (Å²) in [5, 5.41) is 6.78. The molecule has 3 aromatic rings. The SMILES string of the molecule is CC1CCN(c2ccc(NC(=O)c3c(NC(=O)c4ccccc4)sc4c3CCC(C)C4)cc2)CC1. The van der Waals surface area contributed by atoms with Crippen LogP contribution in [0.5, 0.6) is 0 Å². The third-order valence-corrected chi connectivity index (χ3v) is 8.45. The Balaban J connectivity index is 1.36. The van der Waals surface area contributed by atoms with Crippen molar-refractivity contribution in [3.63, 3.8) is 0 Å². The summed E-state index contributed by atoms with van der Waals surface area (Å²) >= 11 is 1.55. The van der Waals surface area contributed by atoms with Gasteiger partial charge in [0.25, 0.3) is 11.8 Å². The standard InChI is InChI=1S/C29H33N3O2S/c1-19-14-16-32(17-15-19)23-11-9-22(10-12-23)30-28(34)26-24-13-8-20(2)18-25(24)35-29(26)31-27(33)21-6-4-3-5-7-21/h3-7,9-12,19-20H,8,13-18H2,1-2H3,(H,30,34)(H,31,33). The van der Waals surface area contributed by atoms with Gasteiger partial charge in [0.2, 0.25) is 0 Å². The second kappa shape index (κ2) is 10.2. The Morgan fingerprint density at radius 2 is 1.57 bits per heavy atom. The molecule has 2 aromatic carbocycles. The van der Waals surface area contributed by atoms with Crippen molar-refractivity contribution in [1.29, 1.82) is 0 Å². The van der Waals surface area contributed by atoms with E-state index in [4.69, 9.17) is 0 Å². The van der Waals surface area contributed by atoms with E-state index in [9.17, 15) is 9.59 Å².